The molecule has 1 aliphatic carbocycles. The van der Waals surface area contributed by atoms with Gasteiger partial charge in [0.25, 0.3) is 0 Å². The third kappa shape index (κ3) is 6.00. The van der Waals surface area contributed by atoms with Gasteiger partial charge in [-0.25, -0.2) is 0 Å². The first-order valence-electron chi connectivity index (χ1n) is 9.42. The van der Waals surface area contributed by atoms with Crippen LogP contribution in [-0.2, 0) is 4.74 Å². The van der Waals surface area contributed by atoms with E-state index < -0.39 is 5.60 Å². The average Bonchev–Trinajstić information content (AvgIpc) is 3.04. The highest BCUT2D eigenvalue weighted by atomic mass is 16.6. The lowest BCUT2D eigenvalue weighted by Crippen LogP contribution is -2.41. The van der Waals surface area contributed by atoms with Crippen molar-refractivity contribution >= 4 is 19.0 Å². The molecule has 24 heavy (non-hydrogen) atoms. The van der Waals surface area contributed by atoms with Crippen LogP contribution in [0.5, 0.6) is 0 Å². The summed E-state index contributed by atoms with van der Waals surface area (Å²) in [7, 11) is 0. The molecule has 0 radical (unpaired) electrons. The monoisotopic (exact) mass is 336 g/mol. The van der Waals surface area contributed by atoms with Crippen molar-refractivity contribution in [2.75, 3.05) is 26.2 Å². The van der Waals surface area contributed by atoms with Crippen molar-refractivity contribution in [2.45, 2.75) is 70.9 Å². The minimum Gasteiger partial charge on any atom is -0.406 e. The van der Waals surface area contributed by atoms with Gasteiger partial charge in [-0.15, -0.1) is 4.58 Å². The van der Waals surface area contributed by atoms with E-state index in [0.717, 1.165) is 0 Å². The number of likely N-dealkylation sites (tertiary alicyclic amines) is 1. The number of ether oxygens (including phenoxy) is 1. The van der Waals surface area contributed by atoms with Crippen molar-refractivity contribution in [3.63, 3.8) is 0 Å². The van der Waals surface area contributed by atoms with Gasteiger partial charge < -0.3 is 4.74 Å². The summed E-state index contributed by atoms with van der Waals surface area (Å²) in [6.45, 7) is 12.9. The topological polar surface area (TPSA) is 44.9 Å². The number of nitrogens with zero attached hydrogens (tertiary/aromatic N) is 3. The lowest BCUT2D eigenvalue weighted by Gasteiger charge is -2.36. The molecular formula is C19H34N3O2+. The predicted octanol–water partition coefficient (Wildman–Crippen LogP) is 3.36. The Kier molecular flexibility index (Phi) is 6.96. The summed E-state index contributed by atoms with van der Waals surface area (Å²) in [6.07, 6.45) is 9.63. The van der Waals surface area contributed by atoms with Crippen LogP contribution in [0.15, 0.2) is 4.99 Å². The zero-order valence-electron chi connectivity index (χ0n) is 15.7. The average molecular weight is 337 g/mol. The van der Waals surface area contributed by atoms with Gasteiger partial charge in [0.1, 0.15) is 12.3 Å². The van der Waals surface area contributed by atoms with Gasteiger partial charge in [-0.2, -0.15) is 4.79 Å². The van der Waals surface area contributed by atoms with Crippen molar-refractivity contribution in [3.05, 3.63) is 0 Å². The molecule has 1 saturated heterocycles. The molecule has 2 aliphatic rings. The summed E-state index contributed by atoms with van der Waals surface area (Å²) >= 11 is 0. The quantitative estimate of drug-likeness (QED) is 0.571. The van der Waals surface area contributed by atoms with Crippen LogP contribution in [-0.4, -0.2) is 66.3 Å². The van der Waals surface area contributed by atoms with E-state index in [2.05, 4.69) is 22.8 Å². The van der Waals surface area contributed by atoms with Gasteiger partial charge in [0, 0.05) is 18.2 Å². The molecule has 2 fully saturated rings. The SMILES string of the molecule is C=[N+](CCN=CC1CCCCC1N1CCCC1)C(=O)OC(C)(C)C. The number of carbonyl (C=O) groups excluding carboxylic acids is 1. The molecule has 2 unspecified atom stereocenters. The Morgan fingerprint density at radius 1 is 1.25 bits per heavy atom. The molecule has 0 spiro atoms. The maximum Gasteiger partial charge on any atom is 0.596 e. The van der Waals surface area contributed by atoms with Gasteiger partial charge in [0.05, 0.1) is 6.54 Å². The standard InChI is InChI=1S/C19H34N3O2/c1-19(2,3)24-18(23)21(4)14-11-20-15-16-9-5-6-10-17(16)22-12-7-8-13-22/h15-17H,4-14H2,1-3H3/q+1. The summed E-state index contributed by atoms with van der Waals surface area (Å²) in [5, 5.41) is 0. The molecular weight excluding hydrogens is 302 g/mol. The van der Waals surface area contributed by atoms with Crippen molar-refractivity contribution in [3.8, 4) is 0 Å². The molecule has 5 nitrogen and oxygen atoms in total. The van der Waals surface area contributed by atoms with Gasteiger partial charge in [0.2, 0.25) is 0 Å². The van der Waals surface area contributed by atoms with Crippen LogP contribution in [0.2, 0.25) is 0 Å². The van der Waals surface area contributed by atoms with E-state index in [4.69, 9.17) is 4.74 Å². The lowest BCUT2D eigenvalue weighted by atomic mass is 9.84. The molecule has 1 amide bonds. The number of carbonyl (C=O) groups is 1. The van der Waals surface area contributed by atoms with Crippen LogP contribution >= 0.6 is 0 Å². The fraction of sp³-hybridized carbons (Fsp3) is 0.842. The normalized spacial score (nSPS) is 26.0. The van der Waals surface area contributed by atoms with E-state index in [1.165, 1.54) is 56.2 Å². The number of hydrogen-bond acceptors (Lipinski definition) is 4. The Bertz CT molecular complexity index is 462. The highest BCUT2D eigenvalue weighted by Gasteiger charge is 2.30. The van der Waals surface area contributed by atoms with Crippen LogP contribution in [0.4, 0.5) is 4.79 Å². The summed E-state index contributed by atoms with van der Waals surface area (Å²) in [6, 6.07) is 0.673. The molecule has 0 aromatic carbocycles. The highest BCUT2D eigenvalue weighted by molar-refractivity contribution is 5.62. The predicted molar refractivity (Wildman–Crippen MR) is 98.4 cm³/mol. The van der Waals surface area contributed by atoms with E-state index >= 15 is 0 Å². The lowest BCUT2D eigenvalue weighted by molar-refractivity contribution is -0.439. The minimum atomic E-state index is -0.485. The number of aliphatic imine (C=N–C) groups is 1. The fourth-order valence-corrected chi connectivity index (χ4v) is 3.65. The Hall–Kier alpha value is -1.23. The maximum atomic E-state index is 11.9. The Balaban J connectivity index is 1.77. The van der Waals surface area contributed by atoms with E-state index in [1.54, 1.807) is 0 Å². The van der Waals surface area contributed by atoms with Gasteiger partial charge in [-0.05, 0) is 59.5 Å². The molecule has 0 aromatic rings. The van der Waals surface area contributed by atoms with Crippen LogP contribution in [0, 0.1) is 5.92 Å². The Morgan fingerprint density at radius 3 is 2.58 bits per heavy atom. The van der Waals surface area contributed by atoms with Crippen LogP contribution in [0.1, 0.15) is 59.3 Å². The summed E-state index contributed by atoms with van der Waals surface area (Å²) in [5.41, 5.74) is -0.485. The third-order valence-corrected chi connectivity index (χ3v) is 4.84. The van der Waals surface area contributed by atoms with Crippen molar-refractivity contribution < 1.29 is 14.1 Å². The highest BCUT2D eigenvalue weighted by Crippen LogP contribution is 2.29. The maximum absolute atomic E-state index is 11.9. The molecule has 1 heterocycles. The summed E-state index contributed by atoms with van der Waals surface area (Å²) in [5.74, 6) is 0.566. The molecule has 1 aliphatic heterocycles. The van der Waals surface area contributed by atoms with Gasteiger partial charge in [-0.1, -0.05) is 12.8 Å². The second-order valence-electron chi connectivity index (χ2n) is 8.06. The van der Waals surface area contributed by atoms with Gasteiger partial charge in [0.15, 0.2) is 6.54 Å². The summed E-state index contributed by atoms with van der Waals surface area (Å²) < 4.78 is 6.66. The van der Waals surface area contributed by atoms with Crippen LogP contribution in [0.25, 0.3) is 0 Å². The van der Waals surface area contributed by atoms with Crippen molar-refractivity contribution in [1.82, 2.24) is 4.90 Å². The molecule has 0 aromatic heterocycles. The largest absolute Gasteiger partial charge is 0.596 e. The van der Waals surface area contributed by atoms with E-state index in [9.17, 15) is 4.79 Å². The van der Waals surface area contributed by atoms with Gasteiger partial charge >= 0.3 is 6.09 Å². The molecule has 0 bridgehead atoms. The second kappa shape index (κ2) is 8.75. The third-order valence-electron chi connectivity index (χ3n) is 4.84. The zero-order valence-corrected chi connectivity index (χ0v) is 15.7. The fourth-order valence-electron chi connectivity index (χ4n) is 3.65. The molecule has 0 N–H and O–H groups in total. The number of amides is 1. The Morgan fingerprint density at radius 2 is 1.92 bits per heavy atom. The number of hydrogen-bond donors (Lipinski definition) is 0. The van der Waals surface area contributed by atoms with Crippen molar-refractivity contribution in [2.24, 2.45) is 10.9 Å². The molecule has 2 rings (SSSR count). The Labute approximate surface area is 146 Å². The minimum absolute atomic E-state index is 0.384. The van der Waals surface area contributed by atoms with Crippen LogP contribution in [0.3, 0.4) is 0 Å². The van der Waals surface area contributed by atoms with E-state index in [1.807, 2.05) is 20.8 Å². The smallest absolute Gasteiger partial charge is 0.406 e. The van der Waals surface area contributed by atoms with Gasteiger partial charge in [-0.3, -0.25) is 9.89 Å². The first-order chi connectivity index (χ1) is 11.4. The first-order valence-corrected chi connectivity index (χ1v) is 9.42. The van der Waals surface area contributed by atoms with E-state index in [-0.39, 0.29) is 6.09 Å². The molecule has 136 valence electrons. The zero-order chi connectivity index (χ0) is 17.6. The summed E-state index contributed by atoms with van der Waals surface area (Å²) in [4.78, 5) is 19.1. The number of rotatable bonds is 5. The van der Waals surface area contributed by atoms with E-state index in [0.29, 0.717) is 25.0 Å². The molecule has 5 heteroatoms. The van der Waals surface area contributed by atoms with Crippen molar-refractivity contribution in [1.29, 1.82) is 0 Å². The molecule has 2 atom stereocenters. The van der Waals surface area contributed by atoms with Crippen LogP contribution < -0.4 is 0 Å². The first kappa shape index (κ1) is 19.1. The molecule has 1 saturated carbocycles. The second-order valence-corrected chi connectivity index (χ2v) is 8.06.